The van der Waals surface area contributed by atoms with Crippen molar-refractivity contribution in [1.29, 1.82) is 0 Å². The molecule has 1 aliphatic heterocycles. The van der Waals surface area contributed by atoms with Crippen LogP contribution in [0.3, 0.4) is 0 Å². The van der Waals surface area contributed by atoms with Crippen molar-refractivity contribution in [2.75, 3.05) is 60.7 Å². The third kappa shape index (κ3) is 5.76. The van der Waals surface area contributed by atoms with Gasteiger partial charge in [-0.25, -0.2) is 9.97 Å². The van der Waals surface area contributed by atoms with Crippen molar-refractivity contribution in [1.82, 2.24) is 19.9 Å². The van der Waals surface area contributed by atoms with Gasteiger partial charge in [-0.15, -0.1) is 0 Å². The first kappa shape index (κ1) is 24.2. The van der Waals surface area contributed by atoms with Gasteiger partial charge >= 0.3 is 0 Å². The first-order valence-electron chi connectivity index (χ1n) is 11.0. The van der Waals surface area contributed by atoms with Gasteiger partial charge < -0.3 is 29.9 Å². The van der Waals surface area contributed by atoms with Crippen LogP contribution in [0.25, 0.3) is 11.0 Å². The van der Waals surface area contributed by atoms with Crippen LogP contribution in [0.1, 0.15) is 5.56 Å². The number of benzene rings is 1. The van der Waals surface area contributed by atoms with Crippen molar-refractivity contribution in [3.05, 3.63) is 42.2 Å². The molecule has 12 heteroatoms. The lowest BCUT2D eigenvalue weighted by molar-refractivity contribution is 0.0988. The lowest BCUT2D eigenvalue weighted by atomic mass is 10.2. The minimum absolute atomic E-state index is 0.0277. The summed E-state index contributed by atoms with van der Waals surface area (Å²) in [7, 11) is -0.870. The van der Waals surface area contributed by atoms with Gasteiger partial charge in [0.15, 0.2) is 11.3 Å². The molecule has 1 aromatic carbocycles. The molecule has 0 bridgehead atoms. The number of hydrogen-bond donors (Lipinski definition) is 3. The molecule has 3 N–H and O–H groups in total. The summed E-state index contributed by atoms with van der Waals surface area (Å²) in [5.41, 5.74) is 1.86. The van der Waals surface area contributed by atoms with Crippen molar-refractivity contribution >= 4 is 33.6 Å². The van der Waals surface area contributed by atoms with Gasteiger partial charge in [-0.1, -0.05) is 30.3 Å². The van der Waals surface area contributed by atoms with Crippen LogP contribution in [-0.4, -0.2) is 96.5 Å². The average Bonchev–Trinajstić information content (AvgIpc) is 2.87. The normalized spacial score (nSPS) is 15.4. The van der Waals surface area contributed by atoms with Gasteiger partial charge in [0.2, 0.25) is 11.8 Å². The predicted molar refractivity (Wildman–Crippen MR) is 128 cm³/mol. The highest BCUT2D eigenvalue weighted by Crippen LogP contribution is 2.30. The number of aliphatic hydroxyl groups excluding tert-OH is 3. The van der Waals surface area contributed by atoms with Gasteiger partial charge in [-0.2, -0.15) is 9.97 Å². The lowest BCUT2D eigenvalue weighted by Crippen LogP contribution is -2.40. The van der Waals surface area contributed by atoms with E-state index in [-0.39, 0.29) is 38.1 Å². The van der Waals surface area contributed by atoms with Crippen LogP contribution >= 0.6 is 0 Å². The van der Waals surface area contributed by atoms with E-state index < -0.39 is 23.5 Å². The molecule has 1 fully saturated rings. The van der Waals surface area contributed by atoms with Crippen molar-refractivity contribution in [3.63, 3.8) is 0 Å². The summed E-state index contributed by atoms with van der Waals surface area (Å²) in [6.45, 7) is 0.923. The smallest absolute Gasteiger partial charge is 0.244 e. The summed E-state index contributed by atoms with van der Waals surface area (Å²) in [6.07, 6.45) is 0.366. The van der Waals surface area contributed by atoms with Gasteiger partial charge in [0.05, 0.1) is 19.3 Å². The third-order valence-electron chi connectivity index (χ3n) is 5.41. The summed E-state index contributed by atoms with van der Waals surface area (Å²) in [5.74, 6) is 2.12. The van der Waals surface area contributed by atoms with E-state index in [2.05, 4.69) is 15.0 Å². The molecule has 0 spiro atoms. The molecular weight excluding hydrogens is 460 g/mol. The van der Waals surface area contributed by atoms with E-state index in [1.165, 1.54) is 6.33 Å². The van der Waals surface area contributed by atoms with Gasteiger partial charge in [0.1, 0.15) is 18.5 Å². The van der Waals surface area contributed by atoms with Gasteiger partial charge in [0.25, 0.3) is 0 Å². The second kappa shape index (κ2) is 11.5. The molecule has 1 atom stereocenters. The molecule has 2 aromatic heterocycles. The van der Waals surface area contributed by atoms with E-state index in [9.17, 15) is 19.5 Å². The Balaban J connectivity index is 1.77. The SMILES string of the molecule is O=S1CCN(c2nc(N(CCO)CC(O)CO)nc3c(OCc4ccccc4)ncnc23)CC1. The maximum absolute atomic E-state index is 11.9. The zero-order valence-corrected chi connectivity index (χ0v) is 19.5. The summed E-state index contributed by atoms with van der Waals surface area (Å²) in [5, 5.41) is 28.9. The second-order valence-corrected chi connectivity index (χ2v) is 9.53. The number of aliphatic hydroxyl groups is 3. The van der Waals surface area contributed by atoms with Gasteiger partial charge in [-0.05, 0) is 5.56 Å². The Labute approximate surface area is 199 Å². The van der Waals surface area contributed by atoms with Crippen LogP contribution in [0.4, 0.5) is 11.8 Å². The maximum Gasteiger partial charge on any atom is 0.244 e. The highest BCUT2D eigenvalue weighted by molar-refractivity contribution is 7.85. The number of nitrogens with zero attached hydrogens (tertiary/aromatic N) is 6. The van der Waals surface area contributed by atoms with Crippen LogP contribution in [0, 0.1) is 0 Å². The molecule has 0 aliphatic carbocycles. The molecular formula is C22H28N6O5S. The fraction of sp³-hybridized carbons (Fsp3) is 0.455. The molecule has 0 amide bonds. The Morgan fingerprint density at radius 3 is 2.56 bits per heavy atom. The number of aromatic nitrogens is 4. The molecule has 0 saturated carbocycles. The fourth-order valence-electron chi connectivity index (χ4n) is 3.65. The molecule has 1 saturated heterocycles. The van der Waals surface area contributed by atoms with E-state index >= 15 is 0 Å². The van der Waals surface area contributed by atoms with Crippen molar-refractivity contribution in [3.8, 4) is 5.88 Å². The molecule has 1 unspecified atom stereocenters. The minimum Gasteiger partial charge on any atom is -0.471 e. The highest BCUT2D eigenvalue weighted by atomic mass is 32.2. The van der Waals surface area contributed by atoms with Crippen LogP contribution < -0.4 is 14.5 Å². The first-order valence-corrected chi connectivity index (χ1v) is 12.5. The molecule has 0 radical (unpaired) electrons. The molecule has 3 heterocycles. The standard InChI is InChI=1S/C22H28N6O5S/c29-9-6-28(12-17(31)13-30)22-25-19-18(20(26-22)27-7-10-34(32)11-8-27)23-15-24-21(19)33-14-16-4-2-1-3-5-16/h1-5,15,17,29-31H,6-14H2. The number of anilines is 2. The van der Waals surface area contributed by atoms with E-state index in [0.717, 1.165) is 5.56 Å². The Hall–Kier alpha value is -2.93. The fourth-order valence-corrected chi connectivity index (χ4v) is 4.70. The van der Waals surface area contributed by atoms with Gasteiger partial charge in [0, 0.05) is 48.5 Å². The molecule has 1 aliphatic rings. The van der Waals surface area contributed by atoms with E-state index in [4.69, 9.17) is 9.72 Å². The Morgan fingerprint density at radius 2 is 1.85 bits per heavy atom. The van der Waals surface area contributed by atoms with Crippen molar-refractivity contribution in [2.24, 2.45) is 0 Å². The van der Waals surface area contributed by atoms with E-state index in [0.29, 0.717) is 41.4 Å². The number of hydrogen-bond acceptors (Lipinski definition) is 11. The number of fused-ring (bicyclic) bond motifs is 1. The summed E-state index contributed by atoms with van der Waals surface area (Å²) in [4.78, 5) is 21.7. The second-order valence-electron chi connectivity index (χ2n) is 7.84. The van der Waals surface area contributed by atoms with Crippen molar-refractivity contribution < 1.29 is 24.3 Å². The summed E-state index contributed by atoms with van der Waals surface area (Å²) >= 11 is 0. The average molecular weight is 489 g/mol. The molecule has 4 rings (SSSR count). The Bertz CT molecular complexity index is 1110. The molecule has 182 valence electrons. The number of rotatable bonds is 10. The Morgan fingerprint density at radius 1 is 1.09 bits per heavy atom. The lowest BCUT2D eigenvalue weighted by Gasteiger charge is -2.30. The van der Waals surface area contributed by atoms with E-state index in [1.807, 2.05) is 35.2 Å². The molecule has 11 nitrogen and oxygen atoms in total. The number of ether oxygens (including phenoxy) is 1. The topological polar surface area (TPSA) is 145 Å². The monoisotopic (exact) mass is 488 g/mol. The highest BCUT2D eigenvalue weighted by Gasteiger charge is 2.25. The summed E-state index contributed by atoms with van der Waals surface area (Å²) in [6, 6.07) is 9.67. The molecule has 34 heavy (non-hydrogen) atoms. The zero-order valence-electron chi connectivity index (χ0n) is 18.7. The van der Waals surface area contributed by atoms with Crippen LogP contribution in [0.15, 0.2) is 36.7 Å². The van der Waals surface area contributed by atoms with Gasteiger partial charge in [-0.3, -0.25) is 4.21 Å². The quantitative estimate of drug-likeness (QED) is 0.346. The minimum atomic E-state index is -1.03. The summed E-state index contributed by atoms with van der Waals surface area (Å²) < 4.78 is 17.9. The van der Waals surface area contributed by atoms with E-state index in [1.54, 1.807) is 4.90 Å². The third-order valence-corrected chi connectivity index (χ3v) is 6.68. The Kier molecular flexibility index (Phi) is 8.16. The largest absolute Gasteiger partial charge is 0.471 e. The predicted octanol–water partition coefficient (Wildman–Crippen LogP) is -0.281. The first-order chi connectivity index (χ1) is 16.6. The zero-order chi connectivity index (χ0) is 23.9. The van der Waals surface area contributed by atoms with Crippen LogP contribution in [0.5, 0.6) is 5.88 Å². The van der Waals surface area contributed by atoms with Crippen LogP contribution in [0.2, 0.25) is 0 Å². The van der Waals surface area contributed by atoms with Crippen molar-refractivity contribution in [2.45, 2.75) is 12.7 Å². The molecule has 3 aromatic rings. The maximum atomic E-state index is 11.9. The van der Waals surface area contributed by atoms with Crippen LogP contribution in [-0.2, 0) is 17.4 Å².